The molecule has 0 saturated carbocycles. The molecule has 4 aromatic rings. The SMILES string of the molecule is CC(NC(=O)[C@@H](N)CC(N)=O)C(=O)OC[C@H](COc1ccc(-c2c(C#N)c(N)nc(SCc3coc(-c4ccc(Cl)cc4)n3)c2C#N)cc1)OC(=O)C(C)NC(=O)[C@@H](N)CC(N)=O. The van der Waals surface area contributed by atoms with E-state index in [1.807, 2.05) is 6.07 Å². The molecule has 21 nitrogen and oxygen atoms in total. The predicted octanol–water partition coefficient (Wildman–Crippen LogP) is 0.923. The summed E-state index contributed by atoms with van der Waals surface area (Å²) >= 11 is 7.15. The van der Waals surface area contributed by atoms with Crippen molar-refractivity contribution in [1.82, 2.24) is 20.6 Å². The molecule has 0 fully saturated rings. The van der Waals surface area contributed by atoms with Gasteiger partial charge in [-0.3, -0.25) is 19.2 Å². The van der Waals surface area contributed by atoms with Crippen molar-refractivity contribution in [3.8, 4) is 40.5 Å². The number of carbonyl (C=O) groups excluding carboxylic acids is 6. The van der Waals surface area contributed by atoms with E-state index in [2.05, 4.69) is 26.7 Å². The van der Waals surface area contributed by atoms with E-state index in [-0.39, 0.29) is 39.0 Å². The number of primary amides is 2. The van der Waals surface area contributed by atoms with E-state index in [1.165, 1.54) is 32.2 Å². The highest BCUT2D eigenvalue weighted by molar-refractivity contribution is 7.98. The van der Waals surface area contributed by atoms with Gasteiger partial charge in [0.2, 0.25) is 29.5 Å². The molecule has 0 saturated heterocycles. The average molecular weight is 904 g/mol. The van der Waals surface area contributed by atoms with Crippen LogP contribution in [0, 0.1) is 22.7 Å². The zero-order valence-corrected chi connectivity index (χ0v) is 35.2. The lowest BCUT2D eigenvalue weighted by atomic mass is 9.97. The largest absolute Gasteiger partial charge is 0.490 e. The monoisotopic (exact) mass is 903 g/mol. The number of aromatic nitrogens is 2. The number of amides is 4. The molecule has 0 aliphatic carbocycles. The maximum absolute atomic E-state index is 13.1. The number of halogens is 1. The number of nitrogens with one attached hydrogen (secondary N) is 2. The summed E-state index contributed by atoms with van der Waals surface area (Å²) in [6.45, 7) is 1.53. The van der Waals surface area contributed by atoms with Crippen molar-refractivity contribution >= 4 is 64.7 Å². The second-order valence-corrected chi connectivity index (χ2v) is 15.0. The number of benzene rings is 2. The normalized spacial score (nSPS) is 13.1. The van der Waals surface area contributed by atoms with Crippen molar-refractivity contribution in [2.75, 3.05) is 18.9 Å². The van der Waals surface area contributed by atoms with Gasteiger partial charge in [-0.1, -0.05) is 35.5 Å². The van der Waals surface area contributed by atoms with Crippen molar-refractivity contribution in [1.29, 1.82) is 10.5 Å². The van der Waals surface area contributed by atoms with Gasteiger partial charge in [-0.05, 0) is 55.8 Å². The fourth-order valence-electron chi connectivity index (χ4n) is 5.40. The topological polar surface area (TPSA) is 371 Å². The van der Waals surface area contributed by atoms with Crippen molar-refractivity contribution in [2.45, 2.75) is 67.7 Å². The van der Waals surface area contributed by atoms with Crippen molar-refractivity contribution in [3.05, 3.63) is 76.6 Å². The quantitative estimate of drug-likeness (QED) is 0.0451. The molecular weight excluding hydrogens is 862 g/mol. The summed E-state index contributed by atoms with van der Waals surface area (Å²) in [5, 5.41) is 25.7. The zero-order chi connectivity index (χ0) is 46.4. The predicted molar refractivity (Wildman–Crippen MR) is 225 cm³/mol. The molecule has 4 rings (SSSR count). The minimum atomic E-state index is -1.34. The van der Waals surface area contributed by atoms with Gasteiger partial charge in [-0.15, -0.1) is 0 Å². The maximum atomic E-state index is 13.1. The summed E-state index contributed by atoms with van der Waals surface area (Å²) in [4.78, 5) is 81.7. The summed E-state index contributed by atoms with van der Waals surface area (Å²) in [5.74, 6) is -4.67. The number of rotatable bonds is 21. The minimum absolute atomic E-state index is 0.0399. The van der Waals surface area contributed by atoms with Crippen LogP contribution in [0.4, 0.5) is 5.82 Å². The van der Waals surface area contributed by atoms with E-state index in [0.29, 0.717) is 27.7 Å². The van der Waals surface area contributed by atoms with Crippen LogP contribution in [0.25, 0.3) is 22.6 Å². The standard InChI is InChI=1S/C40H42ClN11O10S/c1-19(49-35(55)29(44)11-31(46)53)39(57)61-17-26(62-40(58)20(2)50-36(56)30(45)12-32(47)54)16-59-25-9-5-21(6-10-25)33-27(13-42)34(48)52-38(28(33)14-43)63-18-24-15-60-37(51-24)22-3-7-23(41)8-4-22/h3-10,15,19-20,26,29-30H,11-12,16-18,44-45H2,1-2H3,(H2,46,53)(H2,47,54)(H2,48,52)(H,49,55)(H,50,56)/t19?,20?,26-,29-,30-/m0/s1. The first kappa shape index (κ1) is 48.4. The van der Waals surface area contributed by atoms with Gasteiger partial charge >= 0.3 is 11.9 Å². The third kappa shape index (κ3) is 13.9. The third-order valence-electron chi connectivity index (χ3n) is 8.63. The first-order valence-electron chi connectivity index (χ1n) is 18.7. The number of hydrogen-bond donors (Lipinski definition) is 7. The fourth-order valence-corrected chi connectivity index (χ4v) is 6.40. The van der Waals surface area contributed by atoms with E-state index in [4.69, 9.17) is 58.9 Å². The van der Waals surface area contributed by atoms with Crippen LogP contribution in [0.3, 0.4) is 0 Å². The summed E-state index contributed by atoms with van der Waals surface area (Å²) in [6, 6.07) is 11.9. The number of ether oxygens (including phenoxy) is 3. The second-order valence-electron chi connectivity index (χ2n) is 13.6. The Morgan fingerprint density at radius 3 is 1.92 bits per heavy atom. The Balaban J connectivity index is 1.50. The summed E-state index contributed by atoms with van der Waals surface area (Å²) in [7, 11) is 0. The Hall–Kier alpha value is -7.24. The molecule has 2 aromatic carbocycles. The Kier molecular flexibility index (Phi) is 17.3. The molecule has 2 heterocycles. The van der Waals surface area contributed by atoms with Crippen molar-refractivity contribution < 1.29 is 47.4 Å². The smallest absolute Gasteiger partial charge is 0.328 e. The van der Waals surface area contributed by atoms with Crippen molar-refractivity contribution in [2.24, 2.45) is 22.9 Å². The fraction of sp³-hybridized carbons (Fsp3) is 0.300. The molecule has 2 aromatic heterocycles. The molecular formula is C40H42ClN11O10S. The molecule has 0 spiro atoms. The molecule has 0 aliphatic heterocycles. The van der Waals surface area contributed by atoms with Crippen LogP contribution in [0.5, 0.6) is 5.75 Å². The minimum Gasteiger partial charge on any atom is -0.490 e. The van der Waals surface area contributed by atoms with E-state index >= 15 is 0 Å². The summed E-state index contributed by atoms with van der Waals surface area (Å²) in [6.07, 6.45) is -0.800. The molecule has 330 valence electrons. The zero-order valence-electron chi connectivity index (χ0n) is 33.7. The highest BCUT2D eigenvalue weighted by Crippen LogP contribution is 2.37. The number of nitriles is 2. The number of esters is 2. The average Bonchev–Trinajstić information content (AvgIpc) is 3.72. The Labute approximate surface area is 368 Å². The van der Waals surface area contributed by atoms with Gasteiger partial charge in [0.05, 0.1) is 36.2 Å². The number of thioether (sulfide) groups is 1. The molecule has 12 N–H and O–H groups in total. The number of anilines is 1. The first-order chi connectivity index (χ1) is 29.9. The van der Waals surface area contributed by atoms with Crippen LogP contribution in [0.15, 0.2) is 64.2 Å². The van der Waals surface area contributed by atoms with Crippen LogP contribution in [-0.4, -0.2) is 89.0 Å². The van der Waals surface area contributed by atoms with E-state index < -0.39 is 91.9 Å². The number of nitrogens with two attached hydrogens (primary N) is 5. The number of nitrogens with zero attached hydrogens (tertiary/aromatic N) is 4. The van der Waals surface area contributed by atoms with E-state index in [1.54, 1.807) is 36.4 Å². The van der Waals surface area contributed by atoms with Crippen LogP contribution in [0.2, 0.25) is 5.02 Å². The van der Waals surface area contributed by atoms with Gasteiger partial charge in [0.25, 0.3) is 0 Å². The summed E-state index contributed by atoms with van der Waals surface area (Å²) in [5.41, 5.74) is 29.6. The van der Waals surface area contributed by atoms with Gasteiger partial charge in [0, 0.05) is 21.9 Å². The highest BCUT2D eigenvalue weighted by atomic mass is 35.5. The molecule has 0 aliphatic rings. The van der Waals surface area contributed by atoms with E-state index in [9.17, 15) is 39.3 Å². The molecule has 0 bridgehead atoms. The van der Waals surface area contributed by atoms with Crippen molar-refractivity contribution in [3.63, 3.8) is 0 Å². The first-order valence-corrected chi connectivity index (χ1v) is 20.0. The van der Waals surface area contributed by atoms with Gasteiger partial charge in [-0.2, -0.15) is 10.5 Å². The molecule has 5 atom stereocenters. The van der Waals surface area contributed by atoms with Gasteiger partial charge in [-0.25, -0.2) is 19.6 Å². The molecule has 63 heavy (non-hydrogen) atoms. The lowest BCUT2D eigenvalue weighted by Gasteiger charge is -2.23. The Morgan fingerprint density at radius 1 is 0.810 bits per heavy atom. The van der Waals surface area contributed by atoms with Gasteiger partial charge in [0.1, 0.15) is 65.9 Å². The molecule has 2 unspecified atom stereocenters. The second kappa shape index (κ2) is 22.6. The number of nitrogen functional groups attached to an aromatic ring is 1. The van der Waals surface area contributed by atoms with Gasteiger partial charge in [0.15, 0.2) is 6.10 Å². The van der Waals surface area contributed by atoms with Crippen LogP contribution < -0.4 is 44.0 Å². The lowest BCUT2D eigenvalue weighted by molar-refractivity contribution is -0.163. The molecule has 0 radical (unpaired) electrons. The molecule has 23 heteroatoms. The number of pyridine rings is 1. The highest BCUT2D eigenvalue weighted by Gasteiger charge is 2.28. The molecule has 4 amide bonds. The van der Waals surface area contributed by atoms with Crippen LogP contribution >= 0.6 is 23.4 Å². The Morgan fingerprint density at radius 2 is 1.37 bits per heavy atom. The Bertz CT molecular complexity index is 2420. The number of oxazole rings is 1. The van der Waals surface area contributed by atoms with Gasteiger partial charge < -0.3 is 57.9 Å². The number of hydrogen-bond acceptors (Lipinski definition) is 18. The lowest BCUT2D eigenvalue weighted by Crippen LogP contribution is -2.50. The van der Waals surface area contributed by atoms with Crippen LogP contribution in [-0.2, 0) is 44.0 Å². The maximum Gasteiger partial charge on any atom is 0.328 e. The van der Waals surface area contributed by atoms with Crippen LogP contribution in [0.1, 0.15) is 43.5 Å². The number of carbonyl (C=O) groups is 6. The summed E-state index contributed by atoms with van der Waals surface area (Å²) < 4.78 is 22.3. The van der Waals surface area contributed by atoms with E-state index in [0.717, 1.165) is 11.8 Å². The third-order valence-corrected chi connectivity index (χ3v) is 9.89.